The summed E-state index contributed by atoms with van der Waals surface area (Å²) in [6.07, 6.45) is 2.82. The zero-order valence-corrected chi connectivity index (χ0v) is 10.3. The molecule has 84 valence electrons. The molecule has 0 saturated carbocycles. The molecule has 0 N–H and O–H groups in total. The van der Waals surface area contributed by atoms with E-state index in [9.17, 15) is 0 Å². The summed E-state index contributed by atoms with van der Waals surface area (Å²) in [5.74, 6) is 2.41. The molecule has 1 atom stereocenters. The molecule has 3 rings (SSSR count). The Hall–Kier alpha value is -0.870. The van der Waals surface area contributed by atoms with E-state index in [1.807, 2.05) is 0 Å². The Morgan fingerprint density at radius 3 is 3.25 bits per heavy atom. The van der Waals surface area contributed by atoms with Gasteiger partial charge < -0.3 is 4.90 Å². The Bertz CT molecular complexity index is 499. The van der Waals surface area contributed by atoms with Crippen LogP contribution in [-0.4, -0.2) is 28.9 Å². The molecule has 0 spiro atoms. The normalized spacial score (nSPS) is 20.8. The first-order chi connectivity index (χ1) is 7.88. The van der Waals surface area contributed by atoms with E-state index in [2.05, 4.69) is 26.3 Å². The van der Waals surface area contributed by atoms with Crippen LogP contribution in [0.2, 0.25) is 0 Å². The van der Waals surface area contributed by atoms with Gasteiger partial charge in [0.2, 0.25) is 0 Å². The summed E-state index contributed by atoms with van der Waals surface area (Å²) >= 11 is 7.56. The van der Waals surface area contributed by atoms with Crippen LogP contribution in [0.25, 0.3) is 10.2 Å². The van der Waals surface area contributed by atoms with E-state index in [1.54, 1.807) is 17.7 Å². The number of hydrogen-bond donors (Lipinski definition) is 0. The fraction of sp³-hybridized carbons (Fsp3) is 0.455. The van der Waals surface area contributed by atoms with Gasteiger partial charge in [-0.3, -0.25) is 0 Å². The molecule has 0 bridgehead atoms. The van der Waals surface area contributed by atoms with Crippen LogP contribution in [0, 0.1) is 5.92 Å². The second-order valence-electron chi connectivity index (χ2n) is 4.09. The minimum Gasteiger partial charge on any atom is -0.356 e. The predicted molar refractivity (Wildman–Crippen MR) is 68.5 cm³/mol. The van der Waals surface area contributed by atoms with Crippen LogP contribution in [-0.2, 0) is 0 Å². The minimum absolute atomic E-state index is 0.602. The molecule has 1 fully saturated rings. The Morgan fingerprint density at radius 2 is 2.44 bits per heavy atom. The number of anilines is 1. The number of aromatic nitrogens is 2. The van der Waals surface area contributed by atoms with Crippen molar-refractivity contribution >= 4 is 39.0 Å². The Balaban J connectivity index is 1.97. The summed E-state index contributed by atoms with van der Waals surface area (Å²) in [7, 11) is 0. The lowest BCUT2D eigenvalue weighted by molar-refractivity contribution is 0.666. The van der Waals surface area contributed by atoms with Crippen molar-refractivity contribution < 1.29 is 0 Å². The molecule has 2 aromatic rings. The van der Waals surface area contributed by atoms with Gasteiger partial charge in [0, 0.05) is 19.0 Å². The maximum atomic E-state index is 5.90. The van der Waals surface area contributed by atoms with E-state index < -0.39 is 0 Å². The Labute approximate surface area is 103 Å². The number of hydrogen-bond acceptors (Lipinski definition) is 4. The average molecular weight is 254 g/mol. The van der Waals surface area contributed by atoms with Crippen molar-refractivity contribution in [3.05, 3.63) is 17.8 Å². The summed E-state index contributed by atoms with van der Waals surface area (Å²) in [5, 5.41) is 3.24. The first-order valence-corrected chi connectivity index (χ1v) is 6.79. The second-order valence-corrected chi connectivity index (χ2v) is 5.29. The molecule has 0 radical (unpaired) electrons. The fourth-order valence-corrected chi connectivity index (χ4v) is 3.16. The molecule has 3 nitrogen and oxygen atoms in total. The molecule has 16 heavy (non-hydrogen) atoms. The molecule has 1 saturated heterocycles. The summed E-state index contributed by atoms with van der Waals surface area (Å²) in [5.41, 5.74) is 0. The second kappa shape index (κ2) is 4.18. The summed E-state index contributed by atoms with van der Waals surface area (Å²) in [6.45, 7) is 2.07. The number of rotatable bonds is 2. The van der Waals surface area contributed by atoms with Gasteiger partial charge in [-0.15, -0.1) is 22.9 Å². The van der Waals surface area contributed by atoms with Gasteiger partial charge in [0.15, 0.2) is 0 Å². The van der Waals surface area contributed by atoms with Crippen LogP contribution in [0.5, 0.6) is 0 Å². The highest BCUT2D eigenvalue weighted by Crippen LogP contribution is 2.30. The van der Waals surface area contributed by atoms with Crippen molar-refractivity contribution in [1.29, 1.82) is 0 Å². The van der Waals surface area contributed by atoms with Crippen molar-refractivity contribution in [2.45, 2.75) is 6.42 Å². The van der Waals surface area contributed by atoms with Gasteiger partial charge >= 0.3 is 0 Å². The minimum atomic E-state index is 0.602. The lowest BCUT2D eigenvalue weighted by atomic mass is 10.2. The Morgan fingerprint density at radius 1 is 1.50 bits per heavy atom. The van der Waals surface area contributed by atoms with Gasteiger partial charge in [0.25, 0.3) is 0 Å². The third-order valence-corrected chi connectivity index (χ3v) is 4.30. The molecule has 0 aliphatic carbocycles. The lowest BCUT2D eigenvalue weighted by Gasteiger charge is -2.17. The van der Waals surface area contributed by atoms with Crippen LogP contribution in [0.1, 0.15) is 6.42 Å². The van der Waals surface area contributed by atoms with E-state index in [-0.39, 0.29) is 0 Å². The molecule has 1 unspecified atom stereocenters. The van der Waals surface area contributed by atoms with Gasteiger partial charge in [-0.05, 0) is 23.8 Å². The molecule has 3 heterocycles. The molecule has 5 heteroatoms. The van der Waals surface area contributed by atoms with Crippen molar-refractivity contribution in [3.63, 3.8) is 0 Å². The first-order valence-electron chi connectivity index (χ1n) is 5.37. The zero-order chi connectivity index (χ0) is 11.0. The van der Waals surface area contributed by atoms with Gasteiger partial charge in [-0.2, -0.15) is 0 Å². The van der Waals surface area contributed by atoms with E-state index in [1.165, 1.54) is 11.8 Å². The number of fused-ring (bicyclic) bond motifs is 1. The molecular weight excluding hydrogens is 242 g/mol. The van der Waals surface area contributed by atoms with Gasteiger partial charge in [-0.1, -0.05) is 0 Å². The fourth-order valence-electron chi connectivity index (χ4n) is 2.18. The van der Waals surface area contributed by atoms with Crippen molar-refractivity contribution in [1.82, 2.24) is 9.97 Å². The maximum Gasteiger partial charge on any atom is 0.140 e. The van der Waals surface area contributed by atoms with Crippen molar-refractivity contribution in [3.8, 4) is 0 Å². The first kappa shape index (κ1) is 10.3. The monoisotopic (exact) mass is 253 g/mol. The van der Waals surface area contributed by atoms with Crippen molar-refractivity contribution in [2.24, 2.45) is 5.92 Å². The summed E-state index contributed by atoms with van der Waals surface area (Å²) in [6, 6.07) is 2.10. The van der Waals surface area contributed by atoms with Gasteiger partial charge in [0.1, 0.15) is 17.0 Å². The molecule has 0 amide bonds. The summed E-state index contributed by atoms with van der Waals surface area (Å²) < 4.78 is 0. The predicted octanol–water partition coefficient (Wildman–Crippen LogP) is 2.76. The summed E-state index contributed by atoms with van der Waals surface area (Å²) in [4.78, 5) is 12.1. The van der Waals surface area contributed by atoms with Gasteiger partial charge in [0.05, 0.1) is 5.39 Å². The quantitative estimate of drug-likeness (QED) is 0.771. The highest BCUT2D eigenvalue weighted by atomic mass is 35.5. The topological polar surface area (TPSA) is 29.0 Å². The van der Waals surface area contributed by atoms with Crippen LogP contribution >= 0.6 is 22.9 Å². The standard InChI is InChI=1S/C11H12ClN3S/c12-5-8-1-3-15(6-8)10-9-2-4-16-11(9)14-7-13-10/h2,4,7-8H,1,3,5-6H2. The number of thiophene rings is 1. The zero-order valence-electron chi connectivity index (χ0n) is 8.77. The van der Waals surface area contributed by atoms with E-state index in [0.29, 0.717) is 5.92 Å². The van der Waals surface area contributed by atoms with Gasteiger partial charge in [-0.25, -0.2) is 9.97 Å². The SMILES string of the molecule is ClCC1CCN(c2ncnc3sccc23)C1. The maximum absolute atomic E-state index is 5.90. The largest absolute Gasteiger partial charge is 0.356 e. The number of nitrogens with zero attached hydrogens (tertiary/aromatic N) is 3. The van der Waals surface area contributed by atoms with Crippen molar-refractivity contribution in [2.75, 3.05) is 23.9 Å². The van der Waals surface area contributed by atoms with E-state index in [0.717, 1.165) is 29.6 Å². The van der Waals surface area contributed by atoms with Crippen LogP contribution in [0.3, 0.4) is 0 Å². The molecule has 1 aliphatic rings. The van der Waals surface area contributed by atoms with Crippen LogP contribution in [0.15, 0.2) is 17.8 Å². The lowest BCUT2D eigenvalue weighted by Crippen LogP contribution is -2.21. The third-order valence-electron chi connectivity index (χ3n) is 3.04. The molecule has 0 aromatic carbocycles. The highest BCUT2D eigenvalue weighted by molar-refractivity contribution is 7.16. The molecule has 2 aromatic heterocycles. The van der Waals surface area contributed by atoms with Crippen LogP contribution in [0.4, 0.5) is 5.82 Å². The average Bonchev–Trinajstić information content (AvgIpc) is 2.97. The van der Waals surface area contributed by atoms with E-state index in [4.69, 9.17) is 11.6 Å². The highest BCUT2D eigenvalue weighted by Gasteiger charge is 2.24. The smallest absolute Gasteiger partial charge is 0.140 e. The molecule has 1 aliphatic heterocycles. The number of alkyl halides is 1. The Kier molecular flexibility index (Phi) is 2.69. The number of halogens is 1. The molecular formula is C11H12ClN3S. The van der Waals surface area contributed by atoms with Crippen LogP contribution < -0.4 is 4.90 Å². The third kappa shape index (κ3) is 1.66. The van der Waals surface area contributed by atoms with E-state index >= 15 is 0 Å².